The molecule has 1 amide bonds. The predicted octanol–water partition coefficient (Wildman–Crippen LogP) is 6.28. The summed E-state index contributed by atoms with van der Waals surface area (Å²) in [5.74, 6) is -0.867. The average Bonchev–Trinajstić information content (AvgIpc) is 2.89. The maximum absolute atomic E-state index is 13.1. The highest BCUT2D eigenvalue weighted by Gasteiger charge is 2.30. The van der Waals surface area contributed by atoms with E-state index in [-0.39, 0.29) is 30.3 Å². The summed E-state index contributed by atoms with van der Waals surface area (Å²) in [7, 11) is 0. The van der Waals surface area contributed by atoms with E-state index in [1.54, 1.807) is 31.2 Å². The van der Waals surface area contributed by atoms with Crippen LogP contribution >= 0.6 is 0 Å². The number of ketones is 1. The number of rotatable bonds is 12. The molecule has 200 valence electrons. The third kappa shape index (κ3) is 8.76. The maximum Gasteiger partial charge on any atom is 0.416 e. The molecule has 0 unspecified atom stereocenters. The number of halogens is 3. The van der Waals surface area contributed by atoms with Crippen LogP contribution in [0.5, 0.6) is 0 Å². The van der Waals surface area contributed by atoms with Crippen molar-refractivity contribution in [1.29, 1.82) is 0 Å². The van der Waals surface area contributed by atoms with Gasteiger partial charge in [0.1, 0.15) is 6.04 Å². The second kappa shape index (κ2) is 13.4. The molecule has 0 heterocycles. The van der Waals surface area contributed by atoms with Gasteiger partial charge in [0.05, 0.1) is 12.2 Å². The van der Waals surface area contributed by atoms with Crippen LogP contribution in [0.3, 0.4) is 0 Å². The molecule has 3 aromatic carbocycles. The molecule has 9 heteroatoms. The van der Waals surface area contributed by atoms with Gasteiger partial charge >= 0.3 is 12.1 Å². The third-order valence-corrected chi connectivity index (χ3v) is 5.72. The molecule has 3 rings (SSSR count). The Kier molecular flexibility index (Phi) is 10.0. The van der Waals surface area contributed by atoms with E-state index >= 15 is 0 Å². The number of Topliss-reactive ketones (excluding diaryl/α,β-unsaturated/α-hetero) is 1. The van der Waals surface area contributed by atoms with Crippen molar-refractivity contribution in [1.82, 2.24) is 0 Å². The first-order chi connectivity index (χ1) is 18.2. The number of benzene rings is 3. The quantitative estimate of drug-likeness (QED) is 0.214. The normalized spacial score (nSPS) is 11.9. The van der Waals surface area contributed by atoms with Crippen LogP contribution in [-0.2, 0) is 26.9 Å². The zero-order chi connectivity index (χ0) is 27.5. The molecule has 38 heavy (non-hydrogen) atoms. The molecule has 0 bridgehead atoms. The molecule has 0 saturated carbocycles. The van der Waals surface area contributed by atoms with Crippen LogP contribution in [0.25, 0.3) is 0 Å². The molecule has 6 nitrogen and oxygen atoms in total. The van der Waals surface area contributed by atoms with E-state index in [2.05, 4.69) is 10.6 Å². The molecule has 0 aliphatic rings. The smallest absolute Gasteiger partial charge is 0.416 e. The number of hydrogen-bond donors (Lipinski definition) is 2. The van der Waals surface area contributed by atoms with Crippen molar-refractivity contribution in [3.05, 3.63) is 95.6 Å². The number of amides is 1. The molecule has 0 aliphatic heterocycles. The van der Waals surface area contributed by atoms with Gasteiger partial charge < -0.3 is 15.4 Å². The molecular weight excluding hydrogens is 497 g/mol. The summed E-state index contributed by atoms with van der Waals surface area (Å²) in [6.07, 6.45) is -3.37. The molecule has 3 aromatic rings. The van der Waals surface area contributed by atoms with Gasteiger partial charge in [0.2, 0.25) is 5.91 Å². The largest absolute Gasteiger partial charge is 0.466 e. The van der Waals surface area contributed by atoms with Crippen molar-refractivity contribution in [2.24, 2.45) is 0 Å². The second-order valence-corrected chi connectivity index (χ2v) is 8.61. The summed E-state index contributed by atoms with van der Waals surface area (Å²) in [6, 6.07) is 19.5. The lowest BCUT2D eigenvalue weighted by Crippen LogP contribution is -2.36. The summed E-state index contributed by atoms with van der Waals surface area (Å²) in [5, 5.41) is 5.83. The molecule has 2 N–H and O–H groups in total. The van der Waals surface area contributed by atoms with E-state index in [0.29, 0.717) is 30.7 Å². The van der Waals surface area contributed by atoms with Crippen molar-refractivity contribution in [3.8, 4) is 0 Å². The van der Waals surface area contributed by atoms with E-state index in [9.17, 15) is 27.6 Å². The van der Waals surface area contributed by atoms with Gasteiger partial charge in [0.15, 0.2) is 5.78 Å². The monoisotopic (exact) mass is 526 g/mol. The van der Waals surface area contributed by atoms with Gasteiger partial charge in [-0.2, -0.15) is 13.2 Å². The van der Waals surface area contributed by atoms with Crippen LogP contribution in [-0.4, -0.2) is 30.3 Å². The van der Waals surface area contributed by atoms with Gasteiger partial charge in [-0.3, -0.25) is 14.4 Å². The first-order valence-corrected chi connectivity index (χ1v) is 12.2. The highest BCUT2D eigenvalue weighted by Crippen LogP contribution is 2.30. The van der Waals surface area contributed by atoms with E-state index in [1.807, 2.05) is 30.3 Å². The van der Waals surface area contributed by atoms with Crippen LogP contribution in [0.4, 0.5) is 24.5 Å². The number of carbonyl (C=O) groups excluding carboxylic acids is 3. The summed E-state index contributed by atoms with van der Waals surface area (Å²) < 4.78 is 43.4. The molecule has 0 fully saturated rings. The fourth-order valence-corrected chi connectivity index (χ4v) is 3.76. The molecule has 0 aliphatic carbocycles. The van der Waals surface area contributed by atoms with E-state index < -0.39 is 23.7 Å². The minimum atomic E-state index is -4.46. The van der Waals surface area contributed by atoms with Crippen LogP contribution in [0.15, 0.2) is 78.9 Å². The van der Waals surface area contributed by atoms with Crippen molar-refractivity contribution >= 4 is 29.0 Å². The van der Waals surface area contributed by atoms with Gasteiger partial charge in [0.25, 0.3) is 0 Å². The summed E-state index contributed by atoms with van der Waals surface area (Å²) in [6.45, 7) is 2.02. The van der Waals surface area contributed by atoms with Crippen molar-refractivity contribution < 1.29 is 32.3 Å². The van der Waals surface area contributed by atoms with Gasteiger partial charge in [-0.15, -0.1) is 0 Å². The van der Waals surface area contributed by atoms with Crippen LogP contribution in [0, 0.1) is 0 Å². The summed E-state index contributed by atoms with van der Waals surface area (Å²) in [4.78, 5) is 37.0. The lowest BCUT2D eigenvalue weighted by molar-refractivity contribution is -0.143. The Hall–Kier alpha value is -4.14. The van der Waals surface area contributed by atoms with Crippen molar-refractivity contribution in [2.45, 2.75) is 44.8 Å². The third-order valence-electron chi connectivity index (χ3n) is 5.72. The van der Waals surface area contributed by atoms with E-state index in [4.69, 9.17) is 4.74 Å². The Labute approximate surface area is 219 Å². The molecule has 0 radical (unpaired) electrons. The Morgan fingerprint density at radius 3 is 2.08 bits per heavy atom. The number of alkyl halides is 3. The zero-order valence-corrected chi connectivity index (χ0v) is 20.9. The van der Waals surface area contributed by atoms with E-state index in [1.165, 1.54) is 12.1 Å². The van der Waals surface area contributed by atoms with Gasteiger partial charge in [0, 0.05) is 36.2 Å². The highest BCUT2D eigenvalue weighted by atomic mass is 19.4. The Morgan fingerprint density at radius 2 is 1.47 bits per heavy atom. The number of carbonyl (C=O) groups is 3. The van der Waals surface area contributed by atoms with Gasteiger partial charge in [-0.1, -0.05) is 30.3 Å². The molecule has 0 spiro atoms. The van der Waals surface area contributed by atoms with Crippen molar-refractivity contribution in [3.63, 3.8) is 0 Å². The molecule has 1 atom stereocenters. The SMILES string of the molecule is CCOC(=O)CCCC(=O)c1ccc(N[C@H](Cc2ccccc2)C(=O)Nc2ccc(C(F)(F)F)cc2)cc1. The van der Waals surface area contributed by atoms with Gasteiger partial charge in [-0.05, 0) is 67.4 Å². The number of hydrogen-bond acceptors (Lipinski definition) is 5. The number of nitrogens with one attached hydrogen (secondary N) is 2. The topological polar surface area (TPSA) is 84.5 Å². The predicted molar refractivity (Wildman–Crippen MR) is 139 cm³/mol. The Balaban J connectivity index is 1.67. The Bertz CT molecular complexity index is 1210. The van der Waals surface area contributed by atoms with Crippen LogP contribution in [0.2, 0.25) is 0 Å². The van der Waals surface area contributed by atoms with Crippen LogP contribution in [0.1, 0.15) is 47.7 Å². The van der Waals surface area contributed by atoms with Crippen LogP contribution < -0.4 is 10.6 Å². The molecular formula is C29H29F3N2O4. The number of esters is 1. The van der Waals surface area contributed by atoms with Gasteiger partial charge in [-0.25, -0.2) is 0 Å². The Morgan fingerprint density at radius 1 is 0.842 bits per heavy atom. The highest BCUT2D eigenvalue weighted by molar-refractivity contribution is 5.98. The van der Waals surface area contributed by atoms with E-state index in [0.717, 1.165) is 17.7 Å². The fourth-order valence-electron chi connectivity index (χ4n) is 3.76. The number of ether oxygens (including phenoxy) is 1. The second-order valence-electron chi connectivity index (χ2n) is 8.61. The minimum absolute atomic E-state index is 0.110. The number of anilines is 2. The minimum Gasteiger partial charge on any atom is -0.466 e. The lowest BCUT2D eigenvalue weighted by Gasteiger charge is -2.20. The fraction of sp³-hybridized carbons (Fsp3) is 0.276. The summed E-state index contributed by atoms with van der Waals surface area (Å²) in [5.41, 5.74) is 1.40. The summed E-state index contributed by atoms with van der Waals surface area (Å²) >= 11 is 0. The average molecular weight is 527 g/mol. The zero-order valence-electron chi connectivity index (χ0n) is 20.9. The first-order valence-electron chi connectivity index (χ1n) is 12.2. The standard InChI is InChI=1S/C29H29F3N2O4/c1-2-38-27(36)10-6-9-26(35)21-11-15-23(16-12-21)33-25(19-20-7-4-3-5-8-20)28(37)34-24-17-13-22(14-18-24)29(30,31)32/h3-5,7-8,11-18,25,33H,2,6,9-10,19H2,1H3,(H,34,37)/t25-/m1/s1. The molecule has 0 saturated heterocycles. The first kappa shape index (κ1) is 28.4. The maximum atomic E-state index is 13.1. The lowest BCUT2D eigenvalue weighted by atomic mass is 10.0. The van der Waals surface area contributed by atoms with Crippen molar-refractivity contribution in [2.75, 3.05) is 17.2 Å². The molecule has 0 aromatic heterocycles.